The predicted molar refractivity (Wildman–Crippen MR) is 87.5 cm³/mol. The summed E-state index contributed by atoms with van der Waals surface area (Å²) in [7, 11) is 0. The number of anilines is 2. The van der Waals surface area contributed by atoms with Gasteiger partial charge in [0, 0.05) is 11.8 Å². The number of amides is 1. The third kappa shape index (κ3) is 3.14. The molecule has 0 radical (unpaired) electrons. The Morgan fingerprint density at radius 3 is 2.33 bits per heavy atom. The number of rotatable bonds is 5. The Labute approximate surface area is 136 Å². The molecule has 0 aliphatic carbocycles. The highest BCUT2D eigenvalue weighted by molar-refractivity contribution is 6.02. The number of hydrogen-bond acceptors (Lipinski definition) is 6. The second-order valence-electron chi connectivity index (χ2n) is 5.14. The van der Waals surface area contributed by atoms with Crippen molar-refractivity contribution in [3.63, 3.8) is 0 Å². The molecular weight excluding hydrogens is 316 g/mol. The largest absolute Gasteiger partial charge is 0.366 e. The molecule has 9 nitrogen and oxygen atoms in total. The van der Waals surface area contributed by atoms with Crippen LogP contribution in [0.3, 0.4) is 0 Å². The van der Waals surface area contributed by atoms with Crippen LogP contribution in [0.15, 0.2) is 30.3 Å². The molecule has 0 unspecified atom stereocenters. The number of benzene rings is 2. The molecule has 0 atom stereocenters. The van der Waals surface area contributed by atoms with E-state index in [1.54, 1.807) is 19.1 Å². The van der Waals surface area contributed by atoms with E-state index in [4.69, 9.17) is 5.73 Å². The van der Waals surface area contributed by atoms with E-state index in [0.29, 0.717) is 5.69 Å². The Morgan fingerprint density at radius 2 is 1.79 bits per heavy atom. The highest BCUT2D eigenvalue weighted by Crippen LogP contribution is 2.36. The Morgan fingerprint density at radius 1 is 1.12 bits per heavy atom. The number of nitro groups is 2. The summed E-state index contributed by atoms with van der Waals surface area (Å²) in [6, 6.07) is 6.99. The SMILES string of the molecule is Cc1cccc(Nc2c(C(N)=O)cc([N+](=O)[O-])cc2[N+](=O)[O-])c1C. The van der Waals surface area contributed by atoms with Gasteiger partial charge in [0.15, 0.2) is 0 Å². The molecule has 0 bridgehead atoms. The number of carbonyl (C=O) groups is 1. The number of primary amides is 1. The minimum absolute atomic E-state index is 0.174. The summed E-state index contributed by atoms with van der Waals surface area (Å²) < 4.78 is 0. The number of nitrogens with zero attached hydrogens (tertiary/aromatic N) is 2. The maximum Gasteiger partial charge on any atom is 0.300 e. The number of nitrogens with one attached hydrogen (secondary N) is 1. The second kappa shape index (κ2) is 6.32. The quantitative estimate of drug-likeness (QED) is 0.637. The van der Waals surface area contributed by atoms with Crippen molar-refractivity contribution in [2.45, 2.75) is 13.8 Å². The zero-order chi connectivity index (χ0) is 18.0. The van der Waals surface area contributed by atoms with Crippen LogP contribution < -0.4 is 11.1 Å². The van der Waals surface area contributed by atoms with Crippen molar-refractivity contribution in [3.8, 4) is 0 Å². The van der Waals surface area contributed by atoms with Crippen LogP contribution in [0.4, 0.5) is 22.7 Å². The van der Waals surface area contributed by atoms with Gasteiger partial charge in [-0.2, -0.15) is 0 Å². The van der Waals surface area contributed by atoms with Gasteiger partial charge in [0.2, 0.25) is 0 Å². The molecule has 0 saturated carbocycles. The molecule has 0 spiro atoms. The maximum absolute atomic E-state index is 11.7. The molecule has 2 aromatic carbocycles. The lowest BCUT2D eigenvalue weighted by molar-refractivity contribution is -0.393. The molecule has 2 rings (SSSR count). The Hall–Kier alpha value is -3.49. The van der Waals surface area contributed by atoms with E-state index in [1.807, 2.05) is 13.0 Å². The summed E-state index contributed by atoms with van der Waals surface area (Å²) in [6.07, 6.45) is 0. The van der Waals surface area contributed by atoms with Crippen molar-refractivity contribution < 1.29 is 14.6 Å². The van der Waals surface area contributed by atoms with Gasteiger partial charge in [0.1, 0.15) is 5.69 Å². The summed E-state index contributed by atoms with van der Waals surface area (Å²) >= 11 is 0. The highest BCUT2D eigenvalue weighted by atomic mass is 16.6. The van der Waals surface area contributed by atoms with Gasteiger partial charge in [-0.1, -0.05) is 12.1 Å². The molecule has 0 fully saturated rings. The molecule has 0 aromatic heterocycles. The number of non-ortho nitro benzene ring substituents is 1. The van der Waals surface area contributed by atoms with Crippen LogP contribution in [0, 0.1) is 34.1 Å². The van der Waals surface area contributed by atoms with Crippen molar-refractivity contribution in [2.24, 2.45) is 5.73 Å². The Bertz CT molecular complexity index is 828. The molecule has 1 amide bonds. The Balaban J connectivity index is 2.71. The van der Waals surface area contributed by atoms with Crippen molar-refractivity contribution in [2.75, 3.05) is 5.32 Å². The summed E-state index contributed by atoms with van der Waals surface area (Å²) in [5, 5.41) is 25.0. The van der Waals surface area contributed by atoms with Crippen LogP contribution in [0.25, 0.3) is 0 Å². The fraction of sp³-hybridized carbons (Fsp3) is 0.133. The molecule has 0 heterocycles. The first kappa shape index (κ1) is 16.9. The molecule has 0 aliphatic heterocycles. The summed E-state index contributed by atoms with van der Waals surface area (Å²) in [5.41, 5.74) is 5.87. The van der Waals surface area contributed by atoms with Crippen LogP contribution in [0.5, 0.6) is 0 Å². The van der Waals surface area contributed by atoms with Crippen LogP contribution in [-0.4, -0.2) is 15.8 Å². The number of carbonyl (C=O) groups excluding carboxylic acids is 1. The summed E-state index contributed by atoms with van der Waals surface area (Å²) in [6.45, 7) is 3.67. The topological polar surface area (TPSA) is 141 Å². The molecule has 3 N–H and O–H groups in total. The van der Waals surface area contributed by atoms with Gasteiger partial charge in [0.05, 0.1) is 21.5 Å². The molecular formula is C15H14N4O5. The molecule has 0 saturated heterocycles. The fourth-order valence-electron chi connectivity index (χ4n) is 2.21. The van der Waals surface area contributed by atoms with Gasteiger partial charge in [-0.25, -0.2) is 0 Å². The van der Waals surface area contributed by atoms with Crippen molar-refractivity contribution in [3.05, 3.63) is 67.3 Å². The van der Waals surface area contributed by atoms with Gasteiger partial charge in [-0.15, -0.1) is 0 Å². The van der Waals surface area contributed by atoms with E-state index >= 15 is 0 Å². The number of hydrogen-bond donors (Lipinski definition) is 2. The van der Waals surface area contributed by atoms with E-state index in [2.05, 4.69) is 5.32 Å². The number of nitro benzene ring substituents is 2. The minimum Gasteiger partial charge on any atom is -0.366 e. The van der Waals surface area contributed by atoms with Crippen molar-refractivity contribution in [1.82, 2.24) is 0 Å². The average molecular weight is 330 g/mol. The minimum atomic E-state index is -1.00. The normalized spacial score (nSPS) is 10.2. The maximum atomic E-state index is 11.7. The number of aryl methyl sites for hydroxylation is 1. The lowest BCUT2D eigenvalue weighted by Crippen LogP contribution is -2.15. The molecule has 2 aromatic rings. The zero-order valence-electron chi connectivity index (χ0n) is 12.9. The third-order valence-electron chi connectivity index (χ3n) is 3.64. The average Bonchev–Trinajstić information content (AvgIpc) is 2.51. The zero-order valence-corrected chi connectivity index (χ0v) is 12.9. The first-order chi connectivity index (χ1) is 11.2. The fourth-order valence-corrected chi connectivity index (χ4v) is 2.21. The molecule has 124 valence electrons. The van der Waals surface area contributed by atoms with Gasteiger partial charge in [-0.3, -0.25) is 25.0 Å². The first-order valence-corrected chi connectivity index (χ1v) is 6.82. The van der Waals surface area contributed by atoms with Crippen LogP contribution in [0.1, 0.15) is 21.5 Å². The van der Waals surface area contributed by atoms with Crippen LogP contribution in [0.2, 0.25) is 0 Å². The second-order valence-corrected chi connectivity index (χ2v) is 5.14. The molecule has 0 aliphatic rings. The molecule has 24 heavy (non-hydrogen) atoms. The lowest BCUT2D eigenvalue weighted by Gasteiger charge is -2.14. The highest BCUT2D eigenvalue weighted by Gasteiger charge is 2.27. The van der Waals surface area contributed by atoms with Gasteiger partial charge < -0.3 is 11.1 Å². The molecule has 9 heteroatoms. The van der Waals surface area contributed by atoms with E-state index in [0.717, 1.165) is 23.3 Å². The summed E-state index contributed by atoms with van der Waals surface area (Å²) in [4.78, 5) is 32.3. The van der Waals surface area contributed by atoms with Crippen LogP contribution in [-0.2, 0) is 0 Å². The van der Waals surface area contributed by atoms with Gasteiger partial charge in [0.25, 0.3) is 17.3 Å². The van der Waals surface area contributed by atoms with E-state index in [-0.39, 0.29) is 11.3 Å². The standard InChI is InChI=1S/C15H14N4O5/c1-8-4-3-5-12(9(8)2)17-14-11(15(16)20)6-10(18(21)22)7-13(14)19(23)24/h3-7,17H,1-2H3,(H2,16,20). The van der Waals surface area contributed by atoms with Crippen LogP contribution >= 0.6 is 0 Å². The smallest absolute Gasteiger partial charge is 0.300 e. The van der Waals surface area contributed by atoms with E-state index in [9.17, 15) is 25.0 Å². The third-order valence-corrected chi connectivity index (χ3v) is 3.64. The van der Waals surface area contributed by atoms with E-state index < -0.39 is 27.1 Å². The summed E-state index contributed by atoms with van der Waals surface area (Å²) in [5.74, 6) is -1.00. The van der Waals surface area contributed by atoms with Crippen molar-refractivity contribution >= 4 is 28.7 Å². The van der Waals surface area contributed by atoms with Gasteiger partial charge in [-0.05, 0) is 31.0 Å². The lowest BCUT2D eigenvalue weighted by atomic mass is 10.1. The van der Waals surface area contributed by atoms with Crippen molar-refractivity contribution in [1.29, 1.82) is 0 Å². The number of nitrogens with two attached hydrogens (primary N) is 1. The Kier molecular flexibility index (Phi) is 4.45. The monoisotopic (exact) mass is 330 g/mol. The van der Waals surface area contributed by atoms with Gasteiger partial charge >= 0.3 is 0 Å². The van der Waals surface area contributed by atoms with E-state index in [1.165, 1.54) is 0 Å². The first-order valence-electron chi connectivity index (χ1n) is 6.82. The predicted octanol–water partition coefficient (Wildman–Crippen LogP) is 2.96.